The van der Waals surface area contributed by atoms with E-state index in [0.29, 0.717) is 17.8 Å². The molecule has 124 valence electrons. The molecule has 2 N–H and O–H groups in total. The standard InChI is InChI=1S/C15H28N6O/c1-4-9-16-13-17-14(20(5-2)6-3)19-15(18-13)21-10-7-8-12(21)11-22/h12,22H,4-11H2,1-3H3,(H,16,17,18,19). The van der Waals surface area contributed by atoms with Gasteiger partial charge in [-0.1, -0.05) is 6.92 Å². The zero-order chi connectivity index (χ0) is 15.9. The van der Waals surface area contributed by atoms with Crippen LogP contribution in [0.2, 0.25) is 0 Å². The molecule has 1 saturated heterocycles. The van der Waals surface area contributed by atoms with Crippen molar-refractivity contribution in [3.63, 3.8) is 0 Å². The summed E-state index contributed by atoms with van der Waals surface area (Å²) in [6.07, 6.45) is 3.07. The fourth-order valence-electron chi connectivity index (χ4n) is 2.73. The molecule has 1 aromatic heterocycles. The highest BCUT2D eigenvalue weighted by Crippen LogP contribution is 2.24. The smallest absolute Gasteiger partial charge is 0.232 e. The van der Waals surface area contributed by atoms with Crippen molar-refractivity contribution in [2.75, 3.05) is 47.9 Å². The number of nitrogens with zero attached hydrogens (tertiary/aromatic N) is 5. The maximum absolute atomic E-state index is 9.54. The molecular weight excluding hydrogens is 280 g/mol. The molecular formula is C15H28N6O. The zero-order valence-corrected chi connectivity index (χ0v) is 13.9. The lowest BCUT2D eigenvalue weighted by molar-refractivity contribution is 0.265. The summed E-state index contributed by atoms with van der Waals surface area (Å²) in [5.41, 5.74) is 0. The normalized spacial score (nSPS) is 17.8. The minimum absolute atomic E-state index is 0.117. The summed E-state index contributed by atoms with van der Waals surface area (Å²) in [5.74, 6) is 2.00. The highest BCUT2D eigenvalue weighted by molar-refractivity contribution is 5.46. The second-order valence-corrected chi connectivity index (χ2v) is 5.53. The van der Waals surface area contributed by atoms with Crippen molar-refractivity contribution in [2.45, 2.75) is 46.1 Å². The Morgan fingerprint density at radius 2 is 2.00 bits per heavy atom. The lowest BCUT2D eigenvalue weighted by atomic mass is 10.2. The molecule has 0 bridgehead atoms. The number of aliphatic hydroxyl groups excluding tert-OH is 1. The minimum Gasteiger partial charge on any atom is -0.394 e. The van der Waals surface area contributed by atoms with Crippen molar-refractivity contribution >= 4 is 17.8 Å². The van der Waals surface area contributed by atoms with Crippen molar-refractivity contribution in [3.8, 4) is 0 Å². The first-order chi connectivity index (χ1) is 10.7. The fourth-order valence-corrected chi connectivity index (χ4v) is 2.73. The number of aromatic nitrogens is 3. The average molecular weight is 308 g/mol. The van der Waals surface area contributed by atoms with Gasteiger partial charge in [-0.3, -0.25) is 0 Å². The van der Waals surface area contributed by atoms with Crippen molar-refractivity contribution in [3.05, 3.63) is 0 Å². The molecule has 1 atom stereocenters. The van der Waals surface area contributed by atoms with Gasteiger partial charge in [0.1, 0.15) is 0 Å². The molecule has 2 heterocycles. The molecule has 0 amide bonds. The monoisotopic (exact) mass is 308 g/mol. The SMILES string of the molecule is CCCNc1nc(N(CC)CC)nc(N2CCCC2CO)n1. The molecule has 1 aromatic rings. The number of anilines is 3. The Labute approximate surface area is 132 Å². The third-order valence-electron chi connectivity index (χ3n) is 4.04. The lowest BCUT2D eigenvalue weighted by Gasteiger charge is -2.25. The van der Waals surface area contributed by atoms with Crippen LogP contribution in [0.15, 0.2) is 0 Å². The highest BCUT2D eigenvalue weighted by Gasteiger charge is 2.27. The third-order valence-corrected chi connectivity index (χ3v) is 4.04. The van der Waals surface area contributed by atoms with Crippen LogP contribution in [0.4, 0.5) is 17.8 Å². The number of hydrogen-bond donors (Lipinski definition) is 2. The van der Waals surface area contributed by atoms with Crippen LogP contribution in [-0.4, -0.2) is 58.9 Å². The Bertz CT molecular complexity index is 465. The molecule has 22 heavy (non-hydrogen) atoms. The van der Waals surface area contributed by atoms with Gasteiger partial charge in [0.25, 0.3) is 0 Å². The minimum atomic E-state index is 0.117. The largest absolute Gasteiger partial charge is 0.394 e. The highest BCUT2D eigenvalue weighted by atomic mass is 16.3. The van der Waals surface area contributed by atoms with Gasteiger partial charge in [0.15, 0.2) is 0 Å². The summed E-state index contributed by atoms with van der Waals surface area (Å²) in [6.45, 7) is 9.89. The van der Waals surface area contributed by atoms with Crippen molar-refractivity contribution < 1.29 is 5.11 Å². The van der Waals surface area contributed by atoms with Crippen LogP contribution < -0.4 is 15.1 Å². The predicted octanol–water partition coefficient (Wildman–Crippen LogP) is 1.50. The molecule has 0 radical (unpaired) electrons. The summed E-state index contributed by atoms with van der Waals surface area (Å²) in [7, 11) is 0. The summed E-state index contributed by atoms with van der Waals surface area (Å²) < 4.78 is 0. The number of aliphatic hydroxyl groups is 1. The van der Waals surface area contributed by atoms with Crippen LogP contribution in [0, 0.1) is 0 Å². The van der Waals surface area contributed by atoms with Crippen molar-refractivity contribution in [1.29, 1.82) is 0 Å². The Balaban J connectivity index is 2.32. The zero-order valence-electron chi connectivity index (χ0n) is 13.9. The molecule has 0 saturated carbocycles. The van der Waals surface area contributed by atoms with Crippen LogP contribution >= 0.6 is 0 Å². The van der Waals surface area contributed by atoms with Gasteiger partial charge in [0.2, 0.25) is 17.8 Å². The summed E-state index contributed by atoms with van der Waals surface area (Å²) in [6, 6.07) is 0.117. The molecule has 1 unspecified atom stereocenters. The van der Waals surface area contributed by atoms with Crippen LogP contribution in [0.25, 0.3) is 0 Å². The summed E-state index contributed by atoms with van der Waals surface area (Å²) in [4.78, 5) is 18.0. The van der Waals surface area contributed by atoms with Gasteiger partial charge in [-0.2, -0.15) is 15.0 Å². The first-order valence-electron chi connectivity index (χ1n) is 8.35. The number of nitrogens with one attached hydrogen (secondary N) is 1. The van der Waals surface area contributed by atoms with Crippen LogP contribution in [0.1, 0.15) is 40.0 Å². The van der Waals surface area contributed by atoms with Crippen molar-refractivity contribution in [2.24, 2.45) is 0 Å². The third kappa shape index (κ3) is 3.76. The Hall–Kier alpha value is -1.63. The molecule has 0 aliphatic carbocycles. The lowest BCUT2D eigenvalue weighted by Crippen LogP contribution is -2.34. The second kappa shape index (κ2) is 8.12. The molecule has 7 heteroatoms. The van der Waals surface area contributed by atoms with Gasteiger partial charge >= 0.3 is 0 Å². The van der Waals surface area contributed by atoms with E-state index in [0.717, 1.165) is 45.4 Å². The molecule has 1 fully saturated rings. The molecule has 1 aliphatic heterocycles. The number of rotatable bonds is 8. The van der Waals surface area contributed by atoms with E-state index in [9.17, 15) is 5.11 Å². The topological polar surface area (TPSA) is 77.4 Å². The Morgan fingerprint density at radius 1 is 1.23 bits per heavy atom. The van der Waals surface area contributed by atoms with Crippen LogP contribution in [-0.2, 0) is 0 Å². The van der Waals surface area contributed by atoms with E-state index in [-0.39, 0.29) is 12.6 Å². The van der Waals surface area contributed by atoms with E-state index in [1.54, 1.807) is 0 Å². The average Bonchev–Trinajstić information content (AvgIpc) is 3.02. The van der Waals surface area contributed by atoms with Gasteiger partial charge in [-0.05, 0) is 33.1 Å². The quantitative estimate of drug-likeness (QED) is 0.753. The molecule has 2 rings (SSSR count). The molecule has 1 aliphatic rings. The number of hydrogen-bond acceptors (Lipinski definition) is 7. The van der Waals surface area contributed by atoms with Gasteiger partial charge < -0.3 is 20.2 Å². The Morgan fingerprint density at radius 3 is 2.64 bits per heavy atom. The van der Waals surface area contributed by atoms with Gasteiger partial charge in [-0.25, -0.2) is 0 Å². The van der Waals surface area contributed by atoms with E-state index in [2.05, 4.69) is 50.8 Å². The van der Waals surface area contributed by atoms with E-state index in [4.69, 9.17) is 0 Å². The molecule has 7 nitrogen and oxygen atoms in total. The Kier molecular flexibility index (Phi) is 6.18. The summed E-state index contributed by atoms with van der Waals surface area (Å²) >= 11 is 0. The van der Waals surface area contributed by atoms with Gasteiger partial charge in [-0.15, -0.1) is 0 Å². The maximum Gasteiger partial charge on any atom is 0.232 e. The molecule has 0 spiro atoms. The predicted molar refractivity (Wildman–Crippen MR) is 89.6 cm³/mol. The van der Waals surface area contributed by atoms with Crippen LogP contribution in [0.3, 0.4) is 0 Å². The van der Waals surface area contributed by atoms with E-state index < -0.39 is 0 Å². The first-order valence-corrected chi connectivity index (χ1v) is 8.35. The van der Waals surface area contributed by atoms with Gasteiger partial charge in [0, 0.05) is 26.2 Å². The summed E-state index contributed by atoms with van der Waals surface area (Å²) in [5, 5.41) is 12.8. The maximum atomic E-state index is 9.54. The fraction of sp³-hybridized carbons (Fsp3) is 0.800. The van der Waals surface area contributed by atoms with E-state index in [1.165, 1.54) is 0 Å². The molecule has 0 aromatic carbocycles. The van der Waals surface area contributed by atoms with E-state index in [1.807, 2.05) is 0 Å². The van der Waals surface area contributed by atoms with Gasteiger partial charge in [0.05, 0.1) is 12.6 Å². The van der Waals surface area contributed by atoms with Crippen LogP contribution in [0.5, 0.6) is 0 Å². The second-order valence-electron chi connectivity index (χ2n) is 5.53. The van der Waals surface area contributed by atoms with Crippen molar-refractivity contribution in [1.82, 2.24) is 15.0 Å². The van der Waals surface area contributed by atoms with E-state index >= 15 is 0 Å². The first kappa shape index (κ1) is 16.7.